The van der Waals surface area contributed by atoms with Gasteiger partial charge < -0.3 is 15.5 Å². The van der Waals surface area contributed by atoms with Crippen molar-refractivity contribution < 1.29 is 40.7 Å². The second-order valence-corrected chi connectivity index (χ2v) is 13.0. The molecule has 0 aromatic heterocycles. The molecule has 1 aliphatic heterocycles. The van der Waals surface area contributed by atoms with Gasteiger partial charge in [0.05, 0.1) is 12.0 Å². The third-order valence-electron chi connectivity index (χ3n) is 9.80. The van der Waals surface area contributed by atoms with Crippen molar-refractivity contribution in [1.29, 1.82) is 0 Å². The van der Waals surface area contributed by atoms with Crippen LogP contribution in [-0.4, -0.2) is 37.0 Å². The molecule has 0 fully saturated rings. The highest BCUT2D eigenvalue weighted by atomic mass is 19.4. The van der Waals surface area contributed by atoms with Gasteiger partial charge >= 0.3 is 12.4 Å². The van der Waals surface area contributed by atoms with E-state index in [4.69, 9.17) is 0 Å². The van der Waals surface area contributed by atoms with E-state index < -0.39 is 41.7 Å². The summed E-state index contributed by atoms with van der Waals surface area (Å²) in [5, 5.41) is 4.95. The lowest BCUT2D eigenvalue weighted by Crippen LogP contribution is -2.47. The molecule has 0 spiro atoms. The largest absolute Gasteiger partial charge is 0.416 e. The molecule has 270 valence electrons. The van der Waals surface area contributed by atoms with Gasteiger partial charge in [-0.05, 0) is 88.2 Å². The molecule has 1 aliphatic carbocycles. The first-order chi connectivity index (χ1) is 25.3. The lowest BCUT2D eigenvalue weighted by atomic mass is 9.73. The zero-order chi connectivity index (χ0) is 37.5. The van der Waals surface area contributed by atoms with Crippen molar-refractivity contribution in [3.63, 3.8) is 0 Å². The minimum absolute atomic E-state index is 0.0457. The molecule has 6 nitrogen and oxygen atoms in total. The Morgan fingerprint density at radius 3 is 1.96 bits per heavy atom. The number of benzene rings is 5. The van der Waals surface area contributed by atoms with Crippen molar-refractivity contribution in [3.05, 3.63) is 143 Å². The Balaban J connectivity index is 1.09. The molecule has 0 saturated carbocycles. The fourth-order valence-electron chi connectivity index (χ4n) is 7.46. The van der Waals surface area contributed by atoms with Crippen LogP contribution in [0.4, 0.5) is 37.7 Å². The van der Waals surface area contributed by atoms with Gasteiger partial charge in [-0.2, -0.15) is 26.3 Å². The number of anilines is 2. The van der Waals surface area contributed by atoms with E-state index in [9.17, 15) is 40.7 Å². The number of amides is 3. The van der Waals surface area contributed by atoms with Crippen molar-refractivity contribution in [2.24, 2.45) is 0 Å². The van der Waals surface area contributed by atoms with E-state index >= 15 is 0 Å². The minimum atomic E-state index is -4.60. The maximum Gasteiger partial charge on any atom is 0.416 e. The van der Waals surface area contributed by atoms with Crippen LogP contribution in [0.3, 0.4) is 0 Å². The van der Waals surface area contributed by atoms with Crippen LogP contribution in [0.5, 0.6) is 0 Å². The molecule has 0 unspecified atom stereocenters. The summed E-state index contributed by atoms with van der Waals surface area (Å²) in [6, 6.07) is 30.4. The summed E-state index contributed by atoms with van der Waals surface area (Å²) < 4.78 is 79.1. The summed E-state index contributed by atoms with van der Waals surface area (Å²) in [5.74, 6) is -1.47. The van der Waals surface area contributed by atoms with Crippen molar-refractivity contribution in [2.75, 3.05) is 23.3 Å². The molecule has 2 N–H and O–H groups in total. The molecule has 53 heavy (non-hydrogen) atoms. The van der Waals surface area contributed by atoms with E-state index in [2.05, 4.69) is 10.6 Å². The second-order valence-electron chi connectivity index (χ2n) is 13.0. The number of fused-ring (bicyclic) bond motifs is 4. The third kappa shape index (κ3) is 6.76. The Morgan fingerprint density at radius 1 is 0.736 bits per heavy atom. The van der Waals surface area contributed by atoms with Gasteiger partial charge in [-0.25, -0.2) is 0 Å². The zero-order valence-electron chi connectivity index (χ0n) is 27.9. The molecule has 0 atom stereocenters. The van der Waals surface area contributed by atoms with Crippen molar-refractivity contribution in [3.8, 4) is 22.3 Å². The van der Waals surface area contributed by atoms with Crippen LogP contribution in [0.1, 0.15) is 45.5 Å². The lowest BCUT2D eigenvalue weighted by molar-refractivity contribution is -0.141. The van der Waals surface area contributed by atoms with E-state index in [0.717, 1.165) is 23.3 Å². The number of hydrogen-bond acceptors (Lipinski definition) is 3. The van der Waals surface area contributed by atoms with Crippen LogP contribution in [-0.2, 0) is 27.6 Å². The van der Waals surface area contributed by atoms with Crippen molar-refractivity contribution in [2.45, 2.75) is 37.0 Å². The summed E-state index contributed by atoms with van der Waals surface area (Å²) in [5.41, 5.74) is 3.33. The molecular weight excluding hydrogens is 696 g/mol. The molecule has 5 aromatic carbocycles. The highest BCUT2D eigenvalue weighted by molar-refractivity contribution is 6.09. The summed E-state index contributed by atoms with van der Waals surface area (Å²) in [7, 11) is 0. The van der Waals surface area contributed by atoms with Gasteiger partial charge in [-0.15, -0.1) is 0 Å². The zero-order valence-corrected chi connectivity index (χ0v) is 27.9. The normalized spacial score (nSPS) is 14.4. The van der Waals surface area contributed by atoms with Crippen LogP contribution >= 0.6 is 0 Å². The number of carbonyl (C=O) groups is 3. The minimum Gasteiger partial charge on any atom is -0.346 e. The molecule has 0 bridgehead atoms. The Bertz CT molecular complexity index is 2180. The second kappa shape index (κ2) is 13.6. The van der Waals surface area contributed by atoms with E-state index in [1.807, 2.05) is 24.3 Å². The van der Waals surface area contributed by atoms with E-state index in [0.29, 0.717) is 39.2 Å². The Labute approximate surface area is 300 Å². The van der Waals surface area contributed by atoms with Gasteiger partial charge in [0.1, 0.15) is 12.0 Å². The third-order valence-corrected chi connectivity index (χ3v) is 9.80. The molecule has 0 radical (unpaired) electrons. The van der Waals surface area contributed by atoms with Crippen LogP contribution < -0.4 is 15.5 Å². The standard InChI is InChI=1S/C41H31F6N3O3/c42-40(43,44)24-48-38(53)39(33-12-5-3-9-30(33)31-10-4-6-13-34(31)39)20-7-21-50-35-19-18-28(22-26(35)23-36(50)51)49-37(52)32-11-2-1-8-29(32)25-14-16-27(17-15-25)41(45,46)47/h1-6,8-19,22H,7,20-21,23-24H2,(H,48,53)(H,49,52). The average Bonchev–Trinajstić information content (AvgIpc) is 3.61. The molecule has 0 saturated heterocycles. The van der Waals surface area contributed by atoms with E-state index in [1.165, 1.54) is 12.1 Å². The van der Waals surface area contributed by atoms with Gasteiger partial charge in [0.15, 0.2) is 0 Å². The number of carbonyl (C=O) groups excluding carboxylic acids is 3. The van der Waals surface area contributed by atoms with E-state index in [-0.39, 0.29) is 37.3 Å². The van der Waals surface area contributed by atoms with Gasteiger partial charge in [-0.1, -0.05) is 78.9 Å². The number of nitrogens with one attached hydrogen (secondary N) is 2. The topological polar surface area (TPSA) is 78.5 Å². The summed E-state index contributed by atoms with van der Waals surface area (Å²) >= 11 is 0. The predicted octanol–water partition coefficient (Wildman–Crippen LogP) is 8.94. The molecule has 2 aliphatic rings. The SMILES string of the molecule is O=C(Nc1ccc2c(c1)CC(=O)N2CCCC1(C(=O)NCC(F)(F)F)c2ccccc2-c2ccccc21)c1ccccc1-c1ccc(C(F)(F)F)cc1. The molecule has 12 heteroatoms. The maximum absolute atomic E-state index is 13.8. The average molecular weight is 728 g/mol. The van der Waals surface area contributed by atoms with Gasteiger partial charge in [0.2, 0.25) is 11.8 Å². The smallest absolute Gasteiger partial charge is 0.346 e. The molecule has 7 rings (SSSR count). The highest BCUT2D eigenvalue weighted by Gasteiger charge is 2.49. The predicted molar refractivity (Wildman–Crippen MR) is 188 cm³/mol. The maximum atomic E-state index is 13.8. The Morgan fingerprint density at radius 2 is 1.34 bits per heavy atom. The lowest BCUT2D eigenvalue weighted by Gasteiger charge is -2.32. The van der Waals surface area contributed by atoms with Crippen LogP contribution in [0.25, 0.3) is 22.3 Å². The fraction of sp³-hybridized carbons (Fsp3) is 0.195. The van der Waals surface area contributed by atoms with Gasteiger partial charge in [0, 0.05) is 23.5 Å². The summed E-state index contributed by atoms with van der Waals surface area (Å²) in [4.78, 5) is 42.1. The fourth-order valence-corrected chi connectivity index (χ4v) is 7.46. The summed E-state index contributed by atoms with van der Waals surface area (Å²) in [6.45, 7) is -1.29. The Kier molecular flexibility index (Phi) is 9.09. The Hall–Kier alpha value is -5.91. The van der Waals surface area contributed by atoms with Crippen LogP contribution in [0, 0.1) is 0 Å². The quantitative estimate of drug-likeness (QED) is 0.149. The first kappa shape index (κ1) is 35.5. The van der Waals surface area contributed by atoms with Crippen molar-refractivity contribution >= 4 is 29.1 Å². The van der Waals surface area contributed by atoms with Gasteiger partial charge in [0.25, 0.3) is 5.91 Å². The molecule has 3 amide bonds. The van der Waals surface area contributed by atoms with Gasteiger partial charge in [-0.3, -0.25) is 14.4 Å². The monoisotopic (exact) mass is 727 g/mol. The number of rotatable bonds is 9. The highest BCUT2D eigenvalue weighted by Crippen LogP contribution is 2.51. The first-order valence-corrected chi connectivity index (χ1v) is 16.8. The number of halogens is 6. The molecular formula is C41H31F6N3O3. The van der Waals surface area contributed by atoms with Crippen LogP contribution in [0.2, 0.25) is 0 Å². The van der Waals surface area contributed by atoms with Crippen LogP contribution in [0.15, 0.2) is 115 Å². The van der Waals surface area contributed by atoms with E-state index in [1.54, 1.807) is 71.6 Å². The van der Waals surface area contributed by atoms with Crippen molar-refractivity contribution in [1.82, 2.24) is 5.32 Å². The molecule has 5 aromatic rings. The molecule has 1 heterocycles. The summed E-state index contributed by atoms with van der Waals surface area (Å²) in [6.07, 6.45) is -8.63. The first-order valence-electron chi connectivity index (χ1n) is 16.8. The number of alkyl halides is 6. The number of nitrogens with zero attached hydrogens (tertiary/aromatic N) is 1. The number of hydrogen-bond donors (Lipinski definition) is 2.